The molecule has 1 saturated heterocycles. The number of fused-ring (bicyclic) bond motifs is 1. The van der Waals surface area contributed by atoms with Crippen LogP contribution < -0.4 is 10.1 Å². The van der Waals surface area contributed by atoms with E-state index in [1.54, 1.807) is 4.90 Å². The fourth-order valence-electron chi connectivity index (χ4n) is 3.29. The molecule has 2 atom stereocenters. The fourth-order valence-corrected chi connectivity index (χ4v) is 3.63. The number of carbonyl (C=O) groups excluding carboxylic acids is 2. The quantitative estimate of drug-likeness (QED) is 0.909. The first-order chi connectivity index (χ1) is 11.6. The first-order valence-corrected chi connectivity index (χ1v) is 9.79. The van der Waals surface area contributed by atoms with Crippen molar-refractivity contribution >= 4 is 29.3 Å². The topological polar surface area (TPSA) is 58.6 Å². The van der Waals surface area contributed by atoms with E-state index in [4.69, 9.17) is 4.74 Å². The minimum Gasteiger partial charge on any atom is -0.493 e. The molecule has 1 N–H and O–H groups in total. The Kier molecular flexibility index (Phi) is 5.33. The van der Waals surface area contributed by atoms with Gasteiger partial charge >= 0.3 is 0 Å². The van der Waals surface area contributed by atoms with Gasteiger partial charge in [-0.25, -0.2) is 0 Å². The molecule has 6 heteroatoms. The van der Waals surface area contributed by atoms with Crippen molar-refractivity contribution in [2.75, 3.05) is 24.7 Å². The molecule has 1 aromatic carbocycles. The Morgan fingerprint density at radius 3 is 3.00 bits per heavy atom. The van der Waals surface area contributed by atoms with Crippen molar-refractivity contribution in [3.8, 4) is 5.75 Å². The van der Waals surface area contributed by atoms with Crippen molar-refractivity contribution in [2.24, 2.45) is 0 Å². The lowest BCUT2D eigenvalue weighted by Crippen LogP contribution is -2.52. The second kappa shape index (κ2) is 7.47. The van der Waals surface area contributed by atoms with Crippen LogP contribution in [0.5, 0.6) is 5.75 Å². The molecule has 1 fully saturated rings. The third-order valence-electron chi connectivity index (χ3n) is 4.75. The van der Waals surface area contributed by atoms with E-state index < -0.39 is 0 Å². The van der Waals surface area contributed by atoms with Gasteiger partial charge < -0.3 is 15.0 Å². The molecule has 0 saturated carbocycles. The maximum atomic E-state index is 12.8. The van der Waals surface area contributed by atoms with E-state index in [-0.39, 0.29) is 23.1 Å². The molecule has 0 aliphatic carbocycles. The predicted molar refractivity (Wildman–Crippen MR) is 96.6 cm³/mol. The first kappa shape index (κ1) is 17.1. The molecule has 3 rings (SSSR count). The number of thioether (sulfide) groups is 1. The van der Waals surface area contributed by atoms with Crippen LogP contribution in [0.15, 0.2) is 18.2 Å². The van der Waals surface area contributed by atoms with Crippen LogP contribution in [-0.4, -0.2) is 47.4 Å². The monoisotopic (exact) mass is 348 g/mol. The molecule has 0 aromatic heterocycles. The second-order valence-electron chi connectivity index (χ2n) is 6.33. The van der Waals surface area contributed by atoms with Gasteiger partial charge in [-0.05, 0) is 56.2 Å². The molecule has 130 valence electrons. The lowest BCUT2D eigenvalue weighted by molar-refractivity contribution is -0.139. The van der Waals surface area contributed by atoms with Gasteiger partial charge in [-0.15, -0.1) is 0 Å². The Morgan fingerprint density at radius 1 is 1.38 bits per heavy atom. The van der Waals surface area contributed by atoms with Crippen LogP contribution in [0.1, 0.15) is 31.7 Å². The summed E-state index contributed by atoms with van der Waals surface area (Å²) in [7, 11) is 0. The molecule has 2 amide bonds. The number of amides is 2. The third kappa shape index (κ3) is 3.53. The van der Waals surface area contributed by atoms with E-state index in [9.17, 15) is 9.59 Å². The molecule has 0 spiro atoms. The molecule has 2 heterocycles. The minimum atomic E-state index is -0.370. The van der Waals surface area contributed by atoms with Crippen LogP contribution >= 0.6 is 11.8 Å². The molecule has 0 bridgehead atoms. The first-order valence-electron chi connectivity index (χ1n) is 8.50. The van der Waals surface area contributed by atoms with Crippen molar-refractivity contribution in [3.05, 3.63) is 23.8 Å². The number of likely N-dealkylation sites (tertiary alicyclic amines) is 1. The number of benzene rings is 1. The molecule has 2 aliphatic heterocycles. The number of hydrogen-bond acceptors (Lipinski definition) is 4. The molecule has 0 radical (unpaired) electrons. The summed E-state index contributed by atoms with van der Waals surface area (Å²) < 4.78 is 5.49. The molecule has 5 nitrogen and oxygen atoms in total. The zero-order valence-electron chi connectivity index (χ0n) is 14.2. The summed E-state index contributed by atoms with van der Waals surface area (Å²) in [6, 6.07) is 5.36. The van der Waals surface area contributed by atoms with E-state index in [1.165, 1.54) is 11.8 Å². The van der Waals surface area contributed by atoms with Crippen molar-refractivity contribution < 1.29 is 14.3 Å². The van der Waals surface area contributed by atoms with Crippen molar-refractivity contribution in [2.45, 2.75) is 43.9 Å². The summed E-state index contributed by atoms with van der Waals surface area (Å²) in [5.74, 6) is 0.871. The summed E-state index contributed by atoms with van der Waals surface area (Å²) in [5, 5.41) is 2.87. The highest BCUT2D eigenvalue weighted by atomic mass is 32.2. The molecular weight excluding hydrogens is 324 g/mol. The zero-order chi connectivity index (χ0) is 17.1. The smallest absolute Gasteiger partial charge is 0.247 e. The van der Waals surface area contributed by atoms with Gasteiger partial charge in [0.25, 0.3) is 0 Å². The number of rotatable bonds is 4. The normalized spacial score (nSPS) is 20.9. The number of anilines is 1. The third-order valence-corrected chi connectivity index (χ3v) is 5.66. The van der Waals surface area contributed by atoms with Gasteiger partial charge in [0, 0.05) is 18.7 Å². The number of ether oxygens (including phenoxy) is 1. The van der Waals surface area contributed by atoms with E-state index >= 15 is 0 Å². The number of piperidine rings is 1. The lowest BCUT2D eigenvalue weighted by atomic mass is 10.0. The van der Waals surface area contributed by atoms with Gasteiger partial charge in [-0.2, -0.15) is 11.8 Å². The van der Waals surface area contributed by atoms with E-state index in [0.29, 0.717) is 13.2 Å². The average Bonchev–Trinajstić information content (AvgIpc) is 3.08. The lowest BCUT2D eigenvalue weighted by Gasteiger charge is -2.36. The van der Waals surface area contributed by atoms with Crippen LogP contribution in [0, 0.1) is 0 Å². The van der Waals surface area contributed by atoms with Crippen LogP contribution in [0.25, 0.3) is 0 Å². The summed E-state index contributed by atoms with van der Waals surface area (Å²) in [6.45, 7) is 3.27. The number of nitrogens with one attached hydrogen (secondary N) is 1. The average molecular weight is 348 g/mol. The van der Waals surface area contributed by atoms with Gasteiger partial charge in [-0.3, -0.25) is 9.59 Å². The van der Waals surface area contributed by atoms with Crippen LogP contribution in [0.4, 0.5) is 5.69 Å². The van der Waals surface area contributed by atoms with Crippen molar-refractivity contribution in [1.82, 2.24) is 4.90 Å². The number of carbonyl (C=O) groups is 2. The Morgan fingerprint density at radius 2 is 2.21 bits per heavy atom. The molecular formula is C18H24N2O3S. The fraction of sp³-hybridized carbons (Fsp3) is 0.556. The van der Waals surface area contributed by atoms with Crippen LogP contribution in [0.2, 0.25) is 0 Å². The molecule has 0 unspecified atom stereocenters. The van der Waals surface area contributed by atoms with Gasteiger partial charge in [0.2, 0.25) is 11.8 Å². The Bertz CT molecular complexity index is 635. The van der Waals surface area contributed by atoms with Crippen molar-refractivity contribution in [3.63, 3.8) is 0 Å². The van der Waals surface area contributed by atoms with Gasteiger partial charge in [0.05, 0.1) is 11.9 Å². The van der Waals surface area contributed by atoms with Crippen LogP contribution in [0.3, 0.4) is 0 Å². The second-order valence-corrected chi connectivity index (χ2v) is 7.51. The van der Waals surface area contributed by atoms with E-state index in [1.807, 2.05) is 31.4 Å². The number of nitrogens with zero attached hydrogens (tertiary/aromatic N) is 1. The molecule has 1 aromatic rings. The van der Waals surface area contributed by atoms with Gasteiger partial charge in [-0.1, -0.05) is 0 Å². The predicted octanol–water partition coefficient (Wildman–Crippen LogP) is 2.69. The maximum Gasteiger partial charge on any atom is 0.247 e. The van der Waals surface area contributed by atoms with E-state index in [0.717, 1.165) is 42.7 Å². The van der Waals surface area contributed by atoms with Gasteiger partial charge in [0.15, 0.2) is 0 Å². The maximum absolute atomic E-state index is 12.8. The summed E-state index contributed by atoms with van der Waals surface area (Å²) >= 11 is 1.52. The highest BCUT2D eigenvalue weighted by Gasteiger charge is 2.34. The van der Waals surface area contributed by atoms with E-state index in [2.05, 4.69) is 5.32 Å². The Labute approximate surface area is 147 Å². The Balaban J connectivity index is 1.71. The summed E-state index contributed by atoms with van der Waals surface area (Å²) in [5.41, 5.74) is 1.90. The zero-order valence-corrected chi connectivity index (χ0v) is 15.0. The van der Waals surface area contributed by atoms with Crippen molar-refractivity contribution in [1.29, 1.82) is 0 Å². The standard InChI is InChI=1S/C18H24N2O3S/c1-12(24-2)18(22)20-9-4-3-5-15(20)17(21)19-14-6-7-16-13(11-14)8-10-23-16/h6-7,11-12,15H,3-5,8-10H2,1-2H3,(H,19,21)/t12-,15+/m1/s1. The molecule has 2 aliphatic rings. The Hall–Kier alpha value is -1.69. The van der Waals surface area contributed by atoms with Gasteiger partial charge in [0.1, 0.15) is 11.8 Å². The molecule has 24 heavy (non-hydrogen) atoms. The highest BCUT2D eigenvalue weighted by molar-refractivity contribution is 7.99. The summed E-state index contributed by atoms with van der Waals surface area (Å²) in [6.07, 6.45) is 5.47. The summed E-state index contributed by atoms with van der Waals surface area (Å²) in [4.78, 5) is 27.1. The number of hydrogen-bond donors (Lipinski definition) is 1. The SMILES string of the molecule is CS[C@H](C)C(=O)N1CCCC[C@H]1C(=O)Nc1ccc2c(c1)CCO2. The minimum absolute atomic E-state index is 0.0599. The highest BCUT2D eigenvalue weighted by Crippen LogP contribution is 2.28. The van der Waals surface area contributed by atoms with Crippen LogP contribution in [-0.2, 0) is 16.0 Å². The largest absolute Gasteiger partial charge is 0.493 e.